The SMILES string of the molecule is COC(=O)C[C@@H]1CCC/C1=C\Cc1c(N=C=O)c2c(c(C)c1OC)COC2=O. The van der Waals surface area contributed by atoms with E-state index in [2.05, 4.69) is 11.1 Å². The van der Waals surface area contributed by atoms with Gasteiger partial charge in [-0.2, -0.15) is 4.99 Å². The summed E-state index contributed by atoms with van der Waals surface area (Å²) in [5.74, 6) is 0.0215. The van der Waals surface area contributed by atoms with Crippen molar-refractivity contribution in [1.82, 2.24) is 0 Å². The summed E-state index contributed by atoms with van der Waals surface area (Å²) in [6.45, 7) is 2.00. The molecule has 1 saturated carbocycles. The number of nitrogens with zero attached hydrogens (tertiary/aromatic N) is 1. The first-order chi connectivity index (χ1) is 13.5. The fraction of sp³-hybridized carbons (Fsp3) is 0.476. The second kappa shape index (κ2) is 8.40. The largest absolute Gasteiger partial charge is 0.496 e. The van der Waals surface area contributed by atoms with Crippen LogP contribution in [0.1, 0.15) is 52.7 Å². The highest BCUT2D eigenvalue weighted by Crippen LogP contribution is 2.43. The van der Waals surface area contributed by atoms with Crippen molar-refractivity contribution >= 4 is 23.7 Å². The van der Waals surface area contributed by atoms with Crippen molar-refractivity contribution in [3.8, 4) is 5.75 Å². The lowest BCUT2D eigenvalue weighted by Gasteiger charge is -2.17. The smallest absolute Gasteiger partial charge is 0.341 e. The summed E-state index contributed by atoms with van der Waals surface area (Å²) in [6.07, 6.45) is 7.24. The number of aliphatic imine (C=N–C) groups is 1. The van der Waals surface area contributed by atoms with E-state index in [4.69, 9.17) is 14.2 Å². The number of esters is 2. The van der Waals surface area contributed by atoms with E-state index in [1.54, 1.807) is 13.2 Å². The molecule has 7 nitrogen and oxygen atoms in total. The number of isocyanates is 1. The molecule has 1 fully saturated rings. The normalized spacial score (nSPS) is 19.2. The second-order valence-corrected chi connectivity index (χ2v) is 6.97. The Bertz CT molecular complexity index is 895. The number of carbonyl (C=O) groups is 2. The summed E-state index contributed by atoms with van der Waals surface area (Å²) < 4.78 is 15.5. The molecule has 28 heavy (non-hydrogen) atoms. The zero-order valence-electron chi connectivity index (χ0n) is 16.3. The minimum absolute atomic E-state index is 0.139. The molecular formula is C21H23NO6. The molecule has 0 bridgehead atoms. The fourth-order valence-electron chi connectivity index (χ4n) is 4.16. The topological polar surface area (TPSA) is 91.3 Å². The number of benzene rings is 1. The number of ether oxygens (including phenoxy) is 3. The zero-order chi connectivity index (χ0) is 20.3. The molecule has 148 valence electrons. The first-order valence-electron chi connectivity index (χ1n) is 9.24. The molecule has 0 N–H and O–H groups in total. The molecule has 1 atom stereocenters. The van der Waals surface area contributed by atoms with Crippen LogP contribution < -0.4 is 4.74 Å². The van der Waals surface area contributed by atoms with Gasteiger partial charge in [0.2, 0.25) is 6.08 Å². The van der Waals surface area contributed by atoms with E-state index < -0.39 is 5.97 Å². The molecule has 3 rings (SSSR count). The van der Waals surface area contributed by atoms with E-state index >= 15 is 0 Å². The zero-order valence-corrected chi connectivity index (χ0v) is 16.3. The monoisotopic (exact) mass is 385 g/mol. The van der Waals surface area contributed by atoms with Gasteiger partial charge in [-0.3, -0.25) is 4.79 Å². The van der Waals surface area contributed by atoms with Gasteiger partial charge in [0.05, 0.1) is 31.9 Å². The molecule has 1 aliphatic carbocycles. The van der Waals surface area contributed by atoms with Gasteiger partial charge in [-0.1, -0.05) is 11.6 Å². The lowest BCUT2D eigenvalue weighted by Crippen LogP contribution is -2.09. The van der Waals surface area contributed by atoms with Crippen LogP contribution in [0.5, 0.6) is 5.75 Å². The van der Waals surface area contributed by atoms with E-state index in [1.165, 1.54) is 12.7 Å². The second-order valence-electron chi connectivity index (χ2n) is 6.97. The number of hydrogen-bond acceptors (Lipinski definition) is 7. The molecule has 0 spiro atoms. The predicted molar refractivity (Wildman–Crippen MR) is 100 cm³/mol. The minimum atomic E-state index is -0.493. The van der Waals surface area contributed by atoms with Gasteiger partial charge in [-0.25, -0.2) is 9.59 Å². The Labute approximate surface area is 163 Å². The van der Waals surface area contributed by atoms with Crippen LogP contribution in [0, 0.1) is 12.8 Å². The number of methoxy groups -OCH3 is 2. The molecule has 2 aliphatic rings. The Kier molecular flexibility index (Phi) is 5.95. The van der Waals surface area contributed by atoms with Gasteiger partial charge in [-0.05, 0) is 44.1 Å². The number of cyclic esters (lactones) is 1. The Morgan fingerprint density at radius 3 is 2.86 bits per heavy atom. The molecule has 1 heterocycles. The van der Waals surface area contributed by atoms with Crippen molar-refractivity contribution in [2.24, 2.45) is 10.9 Å². The van der Waals surface area contributed by atoms with E-state index in [9.17, 15) is 14.4 Å². The van der Waals surface area contributed by atoms with Gasteiger partial charge < -0.3 is 14.2 Å². The van der Waals surface area contributed by atoms with E-state index in [0.29, 0.717) is 35.3 Å². The van der Waals surface area contributed by atoms with Crippen LogP contribution in [0.2, 0.25) is 0 Å². The lowest BCUT2D eigenvalue weighted by atomic mass is 9.92. The van der Waals surface area contributed by atoms with E-state index in [-0.39, 0.29) is 24.2 Å². The summed E-state index contributed by atoms with van der Waals surface area (Å²) in [4.78, 5) is 38.7. The summed E-state index contributed by atoms with van der Waals surface area (Å²) in [6, 6.07) is 0. The van der Waals surface area contributed by atoms with Crippen LogP contribution in [-0.4, -0.2) is 32.2 Å². The quantitative estimate of drug-likeness (QED) is 0.322. The summed E-state index contributed by atoms with van der Waals surface area (Å²) in [5.41, 5.74) is 3.89. The Hall–Kier alpha value is -2.92. The molecule has 1 aliphatic heterocycles. The molecule has 0 saturated heterocycles. The van der Waals surface area contributed by atoms with Gasteiger partial charge in [-0.15, -0.1) is 0 Å². The molecule has 0 amide bonds. The number of allylic oxidation sites excluding steroid dienone is 2. The van der Waals surface area contributed by atoms with Crippen molar-refractivity contribution in [3.05, 3.63) is 33.9 Å². The van der Waals surface area contributed by atoms with Crippen LogP contribution in [0.3, 0.4) is 0 Å². The van der Waals surface area contributed by atoms with Gasteiger partial charge >= 0.3 is 11.9 Å². The molecule has 0 radical (unpaired) electrons. The van der Waals surface area contributed by atoms with Gasteiger partial charge in [0, 0.05) is 11.1 Å². The number of carbonyl (C=O) groups excluding carboxylic acids is 3. The van der Waals surface area contributed by atoms with E-state index in [0.717, 1.165) is 24.8 Å². The van der Waals surface area contributed by atoms with Gasteiger partial charge in [0.25, 0.3) is 0 Å². The molecular weight excluding hydrogens is 362 g/mol. The summed E-state index contributed by atoms with van der Waals surface area (Å²) in [5, 5.41) is 0. The number of hydrogen-bond donors (Lipinski definition) is 0. The molecule has 0 unspecified atom stereocenters. The minimum Gasteiger partial charge on any atom is -0.496 e. The highest BCUT2D eigenvalue weighted by Gasteiger charge is 2.32. The third kappa shape index (κ3) is 3.58. The third-order valence-electron chi connectivity index (χ3n) is 5.56. The maximum absolute atomic E-state index is 12.2. The number of fused-ring (bicyclic) bond motifs is 1. The maximum atomic E-state index is 12.2. The highest BCUT2D eigenvalue weighted by molar-refractivity contribution is 6.01. The summed E-state index contributed by atoms with van der Waals surface area (Å²) in [7, 11) is 2.94. The van der Waals surface area contributed by atoms with Crippen molar-refractivity contribution in [2.45, 2.75) is 45.6 Å². The van der Waals surface area contributed by atoms with Crippen molar-refractivity contribution in [1.29, 1.82) is 0 Å². The number of rotatable bonds is 6. The first kappa shape index (κ1) is 19.8. The molecule has 1 aromatic carbocycles. The van der Waals surface area contributed by atoms with E-state index in [1.807, 2.05) is 6.92 Å². The average Bonchev–Trinajstić information content (AvgIpc) is 3.29. The van der Waals surface area contributed by atoms with Crippen LogP contribution in [0.25, 0.3) is 0 Å². The van der Waals surface area contributed by atoms with Gasteiger partial charge in [0.15, 0.2) is 0 Å². The van der Waals surface area contributed by atoms with Crippen molar-refractivity contribution < 1.29 is 28.6 Å². The van der Waals surface area contributed by atoms with Crippen molar-refractivity contribution in [2.75, 3.05) is 14.2 Å². The molecule has 0 aromatic heterocycles. The van der Waals surface area contributed by atoms with Crippen LogP contribution in [0.15, 0.2) is 16.6 Å². The fourth-order valence-corrected chi connectivity index (χ4v) is 4.16. The lowest BCUT2D eigenvalue weighted by molar-refractivity contribution is -0.141. The molecule has 1 aromatic rings. The Balaban J connectivity index is 2.03. The molecule has 7 heteroatoms. The van der Waals surface area contributed by atoms with Crippen LogP contribution in [-0.2, 0) is 32.1 Å². The van der Waals surface area contributed by atoms with Crippen LogP contribution >= 0.6 is 0 Å². The Morgan fingerprint density at radius 2 is 2.18 bits per heavy atom. The van der Waals surface area contributed by atoms with Gasteiger partial charge in [0.1, 0.15) is 12.4 Å². The third-order valence-corrected chi connectivity index (χ3v) is 5.56. The first-order valence-corrected chi connectivity index (χ1v) is 9.24. The highest BCUT2D eigenvalue weighted by atomic mass is 16.5. The standard InChI is InChI=1S/C21H23NO6/c1-12-16-10-28-21(25)18(16)19(22-11-23)15(20(12)27-3)8-7-13-5-4-6-14(13)9-17(24)26-2/h7,14H,4-6,8-10H2,1-3H3/b13-7+/t14-/m0/s1. The predicted octanol–water partition coefficient (Wildman–Crippen LogP) is 3.47. The average molecular weight is 385 g/mol. The van der Waals surface area contributed by atoms with Crippen molar-refractivity contribution in [3.63, 3.8) is 0 Å². The summed E-state index contributed by atoms with van der Waals surface area (Å²) >= 11 is 0. The maximum Gasteiger partial charge on any atom is 0.341 e. The van der Waals surface area contributed by atoms with Crippen LogP contribution in [0.4, 0.5) is 5.69 Å². The Morgan fingerprint density at radius 1 is 1.39 bits per heavy atom.